The predicted molar refractivity (Wildman–Crippen MR) is 84.8 cm³/mol. The number of rotatable bonds is 4. The fraction of sp³-hybridized carbons (Fsp3) is 0.667. The van der Waals surface area contributed by atoms with E-state index in [0.29, 0.717) is 12.1 Å². The number of hydrogen-bond donors (Lipinski definition) is 2. The van der Waals surface area contributed by atoms with Crippen molar-refractivity contribution in [2.45, 2.75) is 63.6 Å². The molecule has 3 unspecified atom stereocenters. The highest BCUT2D eigenvalue weighted by Crippen LogP contribution is 2.32. The topological polar surface area (TPSA) is 24.1 Å². The molecular formula is C18H28N2. The molecule has 2 fully saturated rings. The van der Waals surface area contributed by atoms with Crippen LogP contribution in [0.5, 0.6) is 0 Å². The van der Waals surface area contributed by atoms with Gasteiger partial charge in [0.15, 0.2) is 0 Å². The Hall–Kier alpha value is -0.860. The third-order valence-corrected chi connectivity index (χ3v) is 5.20. The van der Waals surface area contributed by atoms with Gasteiger partial charge in [-0.05, 0) is 50.6 Å². The highest BCUT2D eigenvalue weighted by atomic mass is 15.0. The average molecular weight is 272 g/mol. The Balaban J connectivity index is 1.64. The molecule has 0 amide bonds. The Morgan fingerprint density at radius 3 is 2.60 bits per heavy atom. The first-order valence-corrected chi connectivity index (χ1v) is 8.39. The van der Waals surface area contributed by atoms with Crippen LogP contribution in [0.1, 0.15) is 57.1 Å². The summed E-state index contributed by atoms with van der Waals surface area (Å²) in [6.45, 7) is 3.53. The summed E-state index contributed by atoms with van der Waals surface area (Å²) in [5, 5.41) is 7.65. The van der Waals surface area contributed by atoms with Crippen molar-refractivity contribution in [3.8, 4) is 0 Å². The Labute approximate surface area is 123 Å². The lowest BCUT2D eigenvalue weighted by Crippen LogP contribution is -2.47. The minimum absolute atomic E-state index is 0.461. The first kappa shape index (κ1) is 14.1. The summed E-state index contributed by atoms with van der Waals surface area (Å²) in [7, 11) is 0. The van der Waals surface area contributed by atoms with Crippen LogP contribution in [0.2, 0.25) is 0 Å². The molecule has 1 saturated carbocycles. The molecule has 3 rings (SSSR count). The zero-order chi connectivity index (χ0) is 13.8. The van der Waals surface area contributed by atoms with Crippen molar-refractivity contribution in [3.05, 3.63) is 35.9 Å². The lowest BCUT2D eigenvalue weighted by Gasteiger charge is -2.38. The molecule has 4 atom stereocenters. The van der Waals surface area contributed by atoms with Crippen LogP contribution in [-0.2, 0) is 0 Å². The molecular weight excluding hydrogens is 244 g/mol. The van der Waals surface area contributed by atoms with Crippen molar-refractivity contribution in [2.75, 3.05) is 6.54 Å². The van der Waals surface area contributed by atoms with E-state index in [1.165, 1.54) is 50.6 Å². The molecule has 2 N–H and O–H groups in total. The van der Waals surface area contributed by atoms with E-state index in [1.807, 2.05) is 0 Å². The second-order valence-corrected chi connectivity index (χ2v) is 6.56. The standard InChI is InChI=1S/C18H28N2/c1-14(15-8-3-2-4-9-15)20-18-11-6-5-10-16(18)17-12-7-13-19-17/h2-4,8-9,14,16-20H,5-7,10-13H2,1H3/t14-,16?,17?,18?/m0/s1. The zero-order valence-corrected chi connectivity index (χ0v) is 12.6. The van der Waals surface area contributed by atoms with Crippen molar-refractivity contribution in [1.82, 2.24) is 10.6 Å². The lowest BCUT2D eigenvalue weighted by atomic mass is 9.79. The second-order valence-electron chi connectivity index (χ2n) is 6.56. The van der Waals surface area contributed by atoms with Crippen LogP contribution >= 0.6 is 0 Å². The maximum absolute atomic E-state index is 3.92. The van der Waals surface area contributed by atoms with E-state index < -0.39 is 0 Å². The van der Waals surface area contributed by atoms with Crippen molar-refractivity contribution in [2.24, 2.45) is 5.92 Å². The SMILES string of the molecule is C[C@H](NC1CCCCC1C1CCCN1)c1ccccc1. The van der Waals surface area contributed by atoms with Gasteiger partial charge in [0.05, 0.1) is 0 Å². The maximum Gasteiger partial charge on any atom is 0.0294 e. The summed E-state index contributed by atoms with van der Waals surface area (Å²) in [5.41, 5.74) is 1.41. The number of hydrogen-bond acceptors (Lipinski definition) is 2. The van der Waals surface area contributed by atoms with Crippen molar-refractivity contribution >= 4 is 0 Å². The van der Waals surface area contributed by atoms with Crippen molar-refractivity contribution < 1.29 is 0 Å². The highest BCUT2D eigenvalue weighted by Gasteiger charge is 2.33. The Kier molecular flexibility index (Phi) is 4.74. The molecule has 20 heavy (non-hydrogen) atoms. The van der Waals surface area contributed by atoms with Crippen LogP contribution < -0.4 is 10.6 Å². The largest absolute Gasteiger partial charge is 0.314 e. The van der Waals surface area contributed by atoms with Crippen LogP contribution in [0, 0.1) is 5.92 Å². The van der Waals surface area contributed by atoms with Crippen LogP contribution in [-0.4, -0.2) is 18.6 Å². The maximum atomic E-state index is 3.92. The summed E-state index contributed by atoms with van der Waals surface area (Å²) in [6.07, 6.45) is 8.30. The monoisotopic (exact) mass is 272 g/mol. The molecule has 0 bridgehead atoms. The number of nitrogens with one attached hydrogen (secondary N) is 2. The lowest BCUT2D eigenvalue weighted by molar-refractivity contribution is 0.203. The molecule has 1 aliphatic carbocycles. The van der Waals surface area contributed by atoms with Gasteiger partial charge in [-0.3, -0.25) is 0 Å². The smallest absolute Gasteiger partial charge is 0.0294 e. The van der Waals surface area contributed by atoms with Crippen LogP contribution in [0.4, 0.5) is 0 Å². The molecule has 2 aliphatic rings. The quantitative estimate of drug-likeness (QED) is 0.874. The Morgan fingerprint density at radius 1 is 1.05 bits per heavy atom. The van der Waals surface area contributed by atoms with Gasteiger partial charge in [-0.1, -0.05) is 43.2 Å². The van der Waals surface area contributed by atoms with Crippen LogP contribution in [0.25, 0.3) is 0 Å². The molecule has 0 radical (unpaired) electrons. The van der Waals surface area contributed by atoms with Gasteiger partial charge < -0.3 is 10.6 Å². The van der Waals surface area contributed by atoms with E-state index >= 15 is 0 Å². The first-order chi connectivity index (χ1) is 9.84. The molecule has 1 heterocycles. The minimum atomic E-state index is 0.461. The molecule has 110 valence electrons. The van der Waals surface area contributed by atoms with Crippen LogP contribution in [0.15, 0.2) is 30.3 Å². The van der Waals surface area contributed by atoms with Gasteiger partial charge in [0.1, 0.15) is 0 Å². The average Bonchev–Trinajstić information content (AvgIpc) is 3.03. The van der Waals surface area contributed by atoms with Gasteiger partial charge in [-0.15, -0.1) is 0 Å². The fourth-order valence-corrected chi connectivity index (χ4v) is 4.08. The van der Waals surface area contributed by atoms with Crippen LogP contribution in [0.3, 0.4) is 0 Å². The number of benzene rings is 1. The molecule has 1 aliphatic heterocycles. The fourth-order valence-electron chi connectivity index (χ4n) is 4.08. The molecule has 0 spiro atoms. The van der Waals surface area contributed by atoms with E-state index in [2.05, 4.69) is 47.9 Å². The summed E-state index contributed by atoms with van der Waals surface area (Å²) in [5.74, 6) is 0.831. The Morgan fingerprint density at radius 2 is 1.85 bits per heavy atom. The normalized spacial score (nSPS) is 32.1. The predicted octanol–water partition coefficient (Wildman–Crippen LogP) is 3.65. The molecule has 2 heteroatoms. The van der Waals surface area contributed by atoms with E-state index in [1.54, 1.807) is 0 Å². The van der Waals surface area contributed by atoms with E-state index in [-0.39, 0.29) is 0 Å². The van der Waals surface area contributed by atoms with Gasteiger partial charge in [-0.25, -0.2) is 0 Å². The van der Waals surface area contributed by atoms with Gasteiger partial charge in [-0.2, -0.15) is 0 Å². The van der Waals surface area contributed by atoms with E-state index in [4.69, 9.17) is 0 Å². The van der Waals surface area contributed by atoms with Gasteiger partial charge in [0.25, 0.3) is 0 Å². The molecule has 2 nitrogen and oxygen atoms in total. The first-order valence-electron chi connectivity index (χ1n) is 8.39. The summed E-state index contributed by atoms with van der Waals surface area (Å²) >= 11 is 0. The minimum Gasteiger partial charge on any atom is -0.314 e. The van der Waals surface area contributed by atoms with E-state index in [9.17, 15) is 0 Å². The summed E-state index contributed by atoms with van der Waals surface area (Å²) < 4.78 is 0. The Bertz CT molecular complexity index is 397. The van der Waals surface area contributed by atoms with Gasteiger partial charge in [0.2, 0.25) is 0 Å². The summed E-state index contributed by atoms with van der Waals surface area (Å²) in [6, 6.07) is 12.8. The third-order valence-electron chi connectivity index (χ3n) is 5.20. The van der Waals surface area contributed by atoms with Gasteiger partial charge >= 0.3 is 0 Å². The third kappa shape index (κ3) is 3.24. The van der Waals surface area contributed by atoms with Crippen molar-refractivity contribution in [1.29, 1.82) is 0 Å². The molecule has 1 aromatic carbocycles. The van der Waals surface area contributed by atoms with E-state index in [0.717, 1.165) is 12.0 Å². The molecule has 1 aromatic rings. The summed E-state index contributed by atoms with van der Waals surface area (Å²) in [4.78, 5) is 0. The molecule has 0 aromatic heterocycles. The highest BCUT2D eigenvalue weighted by molar-refractivity contribution is 5.18. The second kappa shape index (κ2) is 6.73. The molecule has 1 saturated heterocycles. The zero-order valence-electron chi connectivity index (χ0n) is 12.6. The van der Waals surface area contributed by atoms with Crippen molar-refractivity contribution in [3.63, 3.8) is 0 Å². The van der Waals surface area contributed by atoms with Gasteiger partial charge in [0, 0.05) is 18.1 Å².